The third-order valence-electron chi connectivity index (χ3n) is 3.43. The third-order valence-corrected chi connectivity index (χ3v) is 5.32. The summed E-state index contributed by atoms with van der Waals surface area (Å²) in [4.78, 5) is 0. The Morgan fingerprint density at radius 1 is 1.22 bits per heavy atom. The lowest BCUT2D eigenvalue weighted by Crippen LogP contribution is -2.27. The molecule has 1 fully saturated rings. The van der Waals surface area contributed by atoms with Gasteiger partial charge in [0.05, 0.1) is 5.75 Å². The summed E-state index contributed by atoms with van der Waals surface area (Å²) < 4.78 is 23.5. The smallest absolute Gasteiger partial charge is 0.150 e. The maximum Gasteiger partial charge on any atom is 0.150 e. The molecular weight excluding hydrogens is 246 g/mol. The largest absolute Gasteiger partial charge is 0.314 e. The molecule has 1 rings (SSSR count). The predicted octanol–water partition coefficient (Wildman–Crippen LogP) is 2.62. The summed E-state index contributed by atoms with van der Waals surface area (Å²) in [6.45, 7) is 7.34. The Balaban J connectivity index is 2.33. The van der Waals surface area contributed by atoms with Gasteiger partial charge < -0.3 is 5.32 Å². The van der Waals surface area contributed by atoms with Crippen LogP contribution in [0.5, 0.6) is 0 Å². The van der Waals surface area contributed by atoms with E-state index >= 15 is 0 Å². The van der Waals surface area contributed by atoms with Crippen LogP contribution in [-0.2, 0) is 9.84 Å². The Kier molecular flexibility index (Phi) is 6.64. The fraction of sp³-hybridized carbons (Fsp3) is 1.00. The van der Waals surface area contributed by atoms with Gasteiger partial charge in [0.15, 0.2) is 0 Å². The zero-order valence-corrected chi connectivity index (χ0v) is 12.9. The van der Waals surface area contributed by atoms with Gasteiger partial charge in [-0.2, -0.15) is 0 Å². The highest BCUT2D eigenvalue weighted by Gasteiger charge is 2.23. The van der Waals surface area contributed by atoms with Crippen LogP contribution in [0.4, 0.5) is 0 Å². The van der Waals surface area contributed by atoms with Crippen LogP contribution in [-0.4, -0.2) is 32.5 Å². The van der Waals surface area contributed by atoms with Crippen molar-refractivity contribution in [1.29, 1.82) is 0 Å². The molecule has 1 aliphatic carbocycles. The van der Waals surface area contributed by atoms with Crippen LogP contribution in [0.1, 0.15) is 52.9 Å². The Morgan fingerprint density at radius 3 is 2.39 bits per heavy atom. The van der Waals surface area contributed by atoms with Crippen molar-refractivity contribution in [2.45, 2.75) is 58.9 Å². The molecule has 0 radical (unpaired) electrons. The number of hydrogen-bond donors (Lipinski definition) is 1. The van der Waals surface area contributed by atoms with E-state index < -0.39 is 9.84 Å². The van der Waals surface area contributed by atoms with Gasteiger partial charge in [0, 0.05) is 11.8 Å². The number of nitrogens with one attached hydrogen (secondary N) is 1. The molecule has 0 aromatic rings. The van der Waals surface area contributed by atoms with E-state index in [1.54, 1.807) is 0 Å². The van der Waals surface area contributed by atoms with Crippen LogP contribution in [0.2, 0.25) is 0 Å². The Morgan fingerprint density at radius 2 is 1.89 bits per heavy atom. The van der Waals surface area contributed by atoms with E-state index in [0.717, 1.165) is 25.8 Å². The van der Waals surface area contributed by atoms with Gasteiger partial charge in [0.2, 0.25) is 0 Å². The molecular formula is C14H29NO2S. The molecule has 1 atom stereocenters. The highest BCUT2D eigenvalue weighted by atomic mass is 32.2. The van der Waals surface area contributed by atoms with Gasteiger partial charge in [-0.3, -0.25) is 0 Å². The molecule has 0 saturated heterocycles. The van der Waals surface area contributed by atoms with Crippen molar-refractivity contribution in [3.05, 3.63) is 0 Å². The zero-order chi connectivity index (χ0) is 13.6. The molecule has 0 aliphatic heterocycles. The second-order valence-electron chi connectivity index (χ2n) is 6.12. The lowest BCUT2D eigenvalue weighted by atomic mass is 9.95. The van der Waals surface area contributed by atoms with Crippen LogP contribution in [0.3, 0.4) is 0 Å². The van der Waals surface area contributed by atoms with Crippen LogP contribution in [0.15, 0.2) is 0 Å². The average molecular weight is 275 g/mol. The first-order valence-corrected chi connectivity index (χ1v) is 9.19. The minimum atomic E-state index is -2.81. The maximum absolute atomic E-state index is 11.8. The molecule has 0 aromatic carbocycles. The second-order valence-corrected chi connectivity index (χ2v) is 8.42. The number of rotatable bonds is 10. The standard InChI is InChI=1S/C14H29NO2S/c1-4-8-18(16,17)9-7-13(10-12(2)3)11-15-14-5-6-14/h12-15H,4-11H2,1-3H3. The van der Waals surface area contributed by atoms with Crippen LogP contribution >= 0.6 is 0 Å². The van der Waals surface area contributed by atoms with Gasteiger partial charge in [-0.05, 0) is 50.5 Å². The predicted molar refractivity (Wildman–Crippen MR) is 77.5 cm³/mol. The van der Waals surface area contributed by atoms with Crippen molar-refractivity contribution in [3.63, 3.8) is 0 Å². The summed E-state index contributed by atoms with van der Waals surface area (Å²) in [5, 5.41) is 3.54. The molecule has 0 heterocycles. The van der Waals surface area contributed by atoms with Crippen molar-refractivity contribution in [1.82, 2.24) is 5.32 Å². The molecule has 0 amide bonds. The van der Waals surface area contributed by atoms with E-state index in [1.165, 1.54) is 12.8 Å². The summed E-state index contributed by atoms with van der Waals surface area (Å²) in [5.74, 6) is 1.87. The van der Waals surface area contributed by atoms with Crippen molar-refractivity contribution in [2.24, 2.45) is 11.8 Å². The fourth-order valence-corrected chi connectivity index (χ4v) is 3.87. The quantitative estimate of drug-likeness (QED) is 0.666. The topological polar surface area (TPSA) is 46.2 Å². The van der Waals surface area contributed by atoms with Gasteiger partial charge in [-0.1, -0.05) is 20.8 Å². The lowest BCUT2D eigenvalue weighted by Gasteiger charge is -2.19. The SMILES string of the molecule is CCCS(=O)(=O)CCC(CNC1CC1)CC(C)C. The summed E-state index contributed by atoms with van der Waals surface area (Å²) in [6, 6.07) is 0.715. The summed E-state index contributed by atoms with van der Waals surface area (Å²) in [7, 11) is -2.81. The summed E-state index contributed by atoms with van der Waals surface area (Å²) >= 11 is 0. The number of hydrogen-bond acceptors (Lipinski definition) is 3. The van der Waals surface area contributed by atoms with Crippen molar-refractivity contribution >= 4 is 9.84 Å². The highest BCUT2D eigenvalue weighted by molar-refractivity contribution is 7.91. The summed E-state index contributed by atoms with van der Waals surface area (Å²) in [5.41, 5.74) is 0. The summed E-state index contributed by atoms with van der Waals surface area (Å²) in [6.07, 6.45) is 5.27. The second kappa shape index (κ2) is 7.49. The van der Waals surface area contributed by atoms with Gasteiger partial charge in [0.25, 0.3) is 0 Å². The van der Waals surface area contributed by atoms with Gasteiger partial charge in [-0.15, -0.1) is 0 Å². The zero-order valence-electron chi connectivity index (χ0n) is 12.1. The van der Waals surface area contributed by atoms with Crippen molar-refractivity contribution in [2.75, 3.05) is 18.1 Å². The van der Waals surface area contributed by atoms with Crippen LogP contribution < -0.4 is 5.32 Å². The van der Waals surface area contributed by atoms with E-state index in [1.807, 2.05) is 6.92 Å². The Bertz CT molecular complexity index is 321. The van der Waals surface area contributed by atoms with Crippen LogP contribution in [0, 0.1) is 11.8 Å². The molecule has 3 nitrogen and oxygen atoms in total. The molecule has 1 unspecified atom stereocenters. The molecule has 1 aliphatic rings. The van der Waals surface area contributed by atoms with Gasteiger partial charge in [-0.25, -0.2) is 8.42 Å². The van der Waals surface area contributed by atoms with E-state index in [2.05, 4.69) is 19.2 Å². The van der Waals surface area contributed by atoms with E-state index in [4.69, 9.17) is 0 Å². The molecule has 1 N–H and O–H groups in total. The normalized spacial score (nSPS) is 18.2. The maximum atomic E-state index is 11.8. The Labute approximate surface area is 113 Å². The van der Waals surface area contributed by atoms with E-state index in [0.29, 0.717) is 29.4 Å². The third kappa shape index (κ3) is 7.37. The first-order valence-electron chi connectivity index (χ1n) is 7.36. The molecule has 1 saturated carbocycles. The Hall–Kier alpha value is -0.0900. The number of sulfone groups is 1. The molecule has 108 valence electrons. The molecule has 0 bridgehead atoms. The first-order chi connectivity index (χ1) is 8.43. The molecule has 0 aromatic heterocycles. The van der Waals surface area contributed by atoms with Crippen molar-refractivity contribution in [3.8, 4) is 0 Å². The minimum absolute atomic E-state index is 0.345. The highest BCUT2D eigenvalue weighted by Crippen LogP contribution is 2.21. The molecule has 4 heteroatoms. The first kappa shape index (κ1) is 16.0. The van der Waals surface area contributed by atoms with Gasteiger partial charge >= 0.3 is 0 Å². The monoisotopic (exact) mass is 275 g/mol. The fourth-order valence-electron chi connectivity index (χ4n) is 2.35. The van der Waals surface area contributed by atoms with E-state index in [9.17, 15) is 8.42 Å². The lowest BCUT2D eigenvalue weighted by molar-refractivity contribution is 0.376. The van der Waals surface area contributed by atoms with Crippen molar-refractivity contribution < 1.29 is 8.42 Å². The van der Waals surface area contributed by atoms with Gasteiger partial charge in [0.1, 0.15) is 9.84 Å². The van der Waals surface area contributed by atoms with Crippen LogP contribution in [0.25, 0.3) is 0 Å². The average Bonchev–Trinajstić information content (AvgIpc) is 3.05. The molecule has 18 heavy (non-hydrogen) atoms. The molecule has 0 spiro atoms. The minimum Gasteiger partial charge on any atom is -0.314 e. The van der Waals surface area contributed by atoms with E-state index in [-0.39, 0.29) is 0 Å².